The summed E-state index contributed by atoms with van der Waals surface area (Å²) < 4.78 is 1.58. The molecule has 0 radical (unpaired) electrons. The Labute approximate surface area is 154 Å². The van der Waals surface area contributed by atoms with Crippen molar-refractivity contribution < 1.29 is 9.59 Å². The van der Waals surface area contributed by atoms with Crippen molar-refractivity contribution in [2.75, 3.05) is 18.4 Å². The van der Waals surface area contributed by atoms with Crippen LogP contribution in [0.2, 0.25) is 0 Å². The summed E-state index contributed by atoms with van der Waals surface area (Å²) in [5.74, 6) is 1.02. The van der Waals surface area contributed by atoms with E-state index in [1.807, 2.05) is 0 Å². The van der Waals surface area contributed by atoms with Crippen LogP contribution in [0.3, 0.4) is 0 Å². The van der Waals surface area contributed by atoms with E-state index < -0.39 is 11.5 Å². The van der Waals surface area contributed by atoms with Gasteiger partial charge in [0.15, 0.2) is 5.82 Å². The SMILES string of the molecule is CC(NC(=O)C(C)(C)C)C(=O)Nc1nc(C2CCNCC2)nn1C.Cl. The maximum absolute atomic E-state index is 12.3. The largest absolute Gasteiger partial charge is 0.344 e. The molecule has 0 saturated carbocycles. The Hall–Kier alpha value is -1.67. The van der Waals surface area contributed by atoms with E-state index in [0.29, 0.717) is 11.9 Å². The molecule has 0 spiro atoms. The number of piperidine rings is 1. The van der Waals surface area contributed by atoms with Gasteiger partial charge >= 0.3 is 0 Å². The first-order valence-electron chi connectivity index (χ1n) is 8.42. The van der Waals surface area contributed by atoms with E-state index in [0.717, 1.165) is 31.8 Å². The standard InChI is InChI=1S/C16H28N6O2.ClH/c1-10(18-14(24)16(2,3)4)13(23)20-15-19-12(21-22(15)5)11-6-8-17-9-7-11;/h10-11,17H,6-9H2,1-5H3,(H,18,24)(H,19,20,21,23);1H. The van der Waals surface area contributed by atoms with Crippen LogP contribution in [0.25, 0.3) is 0 Å². The van der Waals surface area contributed by atoms with Crippen molar-refractivity contribution in [1.82, 2.24) is 25.4 Å². The molecule has 25 heavy (non-hydrogen) atoms. The maximum Gasteiger partial charge on any atom is 0.249 e. The molecule has 3 N–H and O–H groups in total. The Balaban J connectivity index is 0.00000312. The van der Waals surface area contributed by atoms with Crippen molar-refractivity contribution in [3.63, 3.8) is 0 Å². The Bertz CT molecular complexity index is 604. The van der Waals surface area contributed by atoms with Gasteiger partial charge in [-0.1, -0.05) is 20.8 Å². The predicted molar refractivity (Wildman–Crippen MR) is 98.8 cm³/mol. The third kappa shape index (κ3) is 5.67. The van der Waals surface area contributed by atoms with Gasteiger partial charge in [-0.05, 0) is 32.9 Å². The van der Waals surface area contributed by atoms with Gasteiger partial charge in [0, 0.05) is 18.4 Å². The van der Waals surface area contributed by atoms with Crippen LogP contribution < -0.4 is 16.0 Å². The van der Waals surface area contributed by atoms with Crippen LogP contribution in [-0.4, -0.2) is 45.7 Å². The topological polar surface area (TPSA) is 101 Å². The number of carbonyl (C=O) groups excluding carboxylic acids is 2. The van der Waals surface area contributed by atoms with E-state index in [2.05, 4.69) is 26.0 Å². The molecule has 1 aliphatic heterocycles. The molecule has 1 saturated heterocycles. The number of aromatic nitrogens is 3. The summed E-state index contributed by atoms with van der Waals surface area (Å²) in [5, 5.41) is 13.2. The van der Waals surface area contributed by atoms with Crippen LogP contribution in [0, 0.1) is 5.41 Å². The Morgan fingerprint density at radius 1 is 1.28 bits per heavy atom. The second-order valence-corrected chi connectivity index (χ2v) is 7.38. The summed E-state index contributed by atoms with van der Waals surface area (Å²) in [5.41, 5.74) is -0.540. The summed E-state index contributed by atoms with van der Waals surface area (Å²) >= 11 is 0. The molecule has 0 bridgehead atoms. The van der Waals surface area contributed by atoms with Crippen LogP contribution in [0.4, 0.5) is 5.95 Å². The highest BCUT2D eigenvalue weighted by molar-refractivity contribution is 5.96. The van der Waals surface area contributed by atoms with Gasteiger partial charge in [0.2, 0.25) is 17.8 Å². The van der Waals surface area contributed by atoms with E-state index >= 15 is 0 Å². The molecule has 142 valence electrons. The molecule has 8 nitrogen and oxygen atoms in total. The summed E-state index contributed by atoms with van der Waals surface area (Å²) in [7, 11) is 1.76. The summed E-state index contributed by atoms with van der Waals surface area (Å²) in [4.78, 5) is 28.7. The Morgan fingerprint density at radius 2 is 1.88 bits per heavy atom. The molecule has 2 amide bonds. The van der Waals surface area contributed by atoms with Crippen LogP contribution in [-0.2, 0) is 16.6 Å². The molecule has 2 rings (SSSR count). The lowest BCUT2D eigenvalue weighted by atomic mass is 9.95. The van der Waals surface area contributed by atoms with E-state index in [1.54, 1.807) is 39.4 Å². The van der Waals surface area contributed by atoms with Gasteiger partial charge in [-0.2, -0.15) is 10.1 Å². The molecule has 0 aromatic carbocycles. The molecule has 9 heteroatoms. The number of rotatable bonds is 4. The third-order valence-electron chi connectivity index (χ3n) is 4.14. The lowest BCUT2D eigenvalue weighted by Gasteiger charge is -2.21. The molecule has 1 aromatic rings. The molecular formula is C16H29ClN6O2. The maximum atomic E-state index is 12.3. The van der Waals surface area contributed by atoms with Crippen LogP contribution in [0.5, 0.6) is 0 Å². The fraction of sp³-hybridized carbons (Fsp3) is 0.750. The average Bonchev–Trinajstić information content (AvgIpc) is 2.88. The fourth-order valence-electron chi connectivity index (χ4n) is 2.46. The number of nitrogens with zero attached hydrogens (tertiary/aromatic N) is 3. The minimum Gasteiger partial charge on any atom is -0.344 e. The molecule has 1 atom stereocenters. The molecule has 1 aliphatic rings. The smallest absolute Gasteiger partial charge is 0.249 e. The van der Waals surface area contributed by atoms with Gasteiger partial charge < -0.3 is 10.6 Å². The van der Waals surface area contributed by atoms with Crippen molar-refractivity contribution in [3.8, 4) is 0 Å². The van der Waals surface area contributed by atoms with E-state index in [4.69, 9.17) is 0 Å². The zero-order valence-electron chi connectivity index (χ0n) is 15.5. The number of aryl methyl sites for hydroxylation is 1. The minimum atomic E-state index is -0.643. The first kappa shape index (κ1) is 21.4. The van der Waals surface area contributed by atoms with Gasteiger partial charge in [0.05, 0.1) is 0 Å². The summed E-state index contributed by atoms with van der Waals surface area (Å²) in [6, 6.07) is -0.643. The van der Waals surface area contributed by atoms with Crippen LogP contribution in [0.15, 0.2) is 0 Å². The summed E-state index contributed by atoms with van der Waals surface area (Å²) in [6.07, 6.45) is 1.99. The highest BCUT2D eigenvalue weighted by Crippen LogP contribution is 2.23. The van der Waals surface area contributed by atoms with Gasteiger partial charge in [0.25, 0.3) is 0 Å². The normalized spacial score (nSPS) is 16.7. The Morgan fingerprint density at radius 3 is 2.44 bits per heavy atom. The highest BCUT2D eigenvalue weighted by atomic mass is 35.5. The fourth-order valence-corrected chi connectivity index (χ4v) is 2.46. The number of halogens is 1. The third-order valence-corrected chi connectivity index (χ3v) is 4.14. The summed E-state index contributed by atoms with van der Waals surface area (Å²) in [6.45, 7) is 8.99. The van der Waals surface area contributed by atoms with Gasteiger partial charge in [0.1, 0.15) is 6.04 Å². The van der Waals surface area contributed by atoms with Crippen molar-refractivity contribution in [2.45, 2.75) is 52.5 Å². The molecule has 1 unspecified atom stereocenters. The second kappa shape index (κ2) is 8.62. The minimum absolute atomic E-state index is 0. The first-order valence-corrected chi connectivity index (χ1v) is 8.42. The lowest BCUT2D eigenvalue weighted by Crippen LogP contribution is -2.46. The van der Waals surface area contributed by atoms with Crippen LogP contribution >= 0.6 is 12.4 Å². The van der Waals surface area contributed by atoms with E-state index in [9.17, 15) is 9.59 Å². The number of hydrogen-bond donors (Lipinski definition) is 3. The number of hydrogen-bond acceptors (Lipinski definition) is 5. The quantitative estimate of drug-likeness (QED) is 0.737. The number of anilines is 1. The van der Waals surface area contributed by atoms with Crippen molar-refractivity contribution in [2.24, 2.45) is 12.5 Å². The zero-order valence-corrected chi connectivity index (χ0v) is 16.4. The molecule has 2 heterocycles. The van der Waals surface area contributed by atoms with Crippen molar-refractivity contribution in [1.29, 1.82) is 0 Å². The Kier molecular flexibility index (Phi) is 7.37. The van der Waals surface area contributed by atoms with Gasteiger partial charge in [-0.15, -0.1) is 12.4 Å². The van der Waals surface area contributed by atoms with Crippen molar-refractivity contribution in [3.05, 3.63) is 5.82 Å². The van der Waals surface area contributed by atoms with Crippen molar-refractivity contribution >= 4 is 30.2 Å². The number of carbonyl (C=O) groups is 2. The van der Waals surface area contributed by atoms with E-state index in [-0.39, 0.29) is 24.2 Å². The van der Waals surface area contributed by atoms with Gasteiger partial charge in [-0.3, -0.25) is 14.9 Å². The molecular weight excluding hydrogens is 344 g/mol. The molecule has 1 fully saturated rings. The highest BCUT2D eigenvalue weighted by Gasteiger charge is 2.26. The molecule has 0 aliphatic carbocycles. The average molecular weight is 373 g/mol. The number of nitrogens with one attached hydrogen (secondary N) is 3. The second-order valence-electron chi connectivity index (χ2n) is 7.38. The van der Waals surface area contributed by atoms with E-state index in [1.165, 1.54) is 0 Å². The zero-order chi connectivity index (χ0) is 17.9. The predicted octanol–water partition coefficient (Wildman–Crippen LogP) is 1.19. The monoisotopic (exact) mass is 372 g/mol. The van der Waals surface area contributed by atoms with Crippen LogP contribution in [0.1, 0.15) is 52.3 Å². The molecule has 1 aromatic heterocycles. The number of amides is 2. The first-order chi connectivity index (χ1) is 11.2. The van der Waals surface area contributed by atoms with Gasteiger partial charge in [-0.25, -0.2) is 4.68 Å². The lowest BCUT2D eigenvalue weighted by molar-refractivity contribution is -0.131.